The van der Waals surface area contributed by atoms with E-state index in [2.05, 4.69) is 0 Å². The van der Waals surface area contributed by atoms with E-state index in [1.165, 1.54) is 0 Å². The summed E-state index contributed by atoms with van der Waals surface area (Å²) in [5.74, 6) is 0.313. The maximum Gasteiger partial charge on any atom is 0.169 e. The third kappa shape index (κ3) is 2.94. The zero-order valence-electron chi connectivity index (χ0n) is 10.1. The second-order valence-electron chi connectivity index (χ2n) is 4.19. The molecule has 0 bridgehead atoms. The summed E-state index contributed by atoms with van der Waals surface area (Å²) in [7, 11) is 1.99. The molecule has 2 heteroatoms. The highest BCUT2D eigenvalue weighted by molar-refractivity contribution is 5.72. The van der Waals surface area contributed by atoms with Gasteiger partial charge in [0.1, 0.15) is 12.8 Å². The number of phenolic OH excluding ortho intramolecular Hbond substituents is 1. The SMILES string of the molecule is Cc1ccc(O)c(/C=C/c2cc[n+](C)cc2)c1. The summed E-state index contributed by atoms with van der Waals surface area (Å²) < 4.78 is 1.99. The van der Waals surface area contributed by atoms with E-state index >= 15 is 0 Å². The fourth-order valence-electron chi connectivity index (χ4n) is 1.62. The van der Waals surface area contributed by atoms with Crippen LogP contribution in [0.5, 0.6) is 5.75 Å². The summed E-state index contributed by atoms with van der Waals surface area (Å²) in [6, 6.07) is 9.65. The molecule has 0 aliphatic rings. The van der Waals surface area contributed by atoms with Crippen LogP contribution in [-0.4, -0.2) is 5.11 Å². The Morgan fingerprint density at radius 2 is 1.76 bits per heavy atom. The molecule has 0 fully saturated rings. The Bertz CT molecular complexity index is 541. The summed E-state index contributed by atoms with van der Waals surface area (Å²) in [6.07, 6.45) is 7.91. The number of benzene rings is 1. The molecule has 17 heavy (non-hydrogen) atoms. The van der Waals surface area contributed by atoms with Gasteiger partial charge in [0.15, 0.2) is 12.4 Å². The molecule has 0 unspecified atom stereocenters. The number of phenols is 1. The topological polar surface area (TPSA) is 24.1 Å². The number of hydrogen-bond acceptors (Lipinski definition) is 1. The smallest absolute Gasteiger partial charge is 0.169 e. The van der Waals surface area contributed by atoms with Gasteiger partial charge in [-0.2, -0.15) is 0 Å². The van der Waals surface area contributed by atoms with Gasteiger partial charge >= 0.3 is 0 Å². The lowest BCUT2D eigenvalue weighted by Crippen LogP contribution is -2.25. The number of rotatable bonds is 2. The number of aromatic nitrogens is 1. The van der Waals surface area contributed by atoms with E-state index in [9.17, 15) is 5.11 Å². The third-order valence-electron chi connectivity index (χ3n) is 2.64. The number of pyridine rings is 1. The Morgan fingerprint density at radius 3 is 2.47 bits per heavy atom. The first kappa shape index (κ1) is 11.4. The Kier molecular flexibility index (Phi) is 3.24. The average Bonchev–Trinajstić information content (AvgIpc) is 2.32. The molecule has 1 heterocycles. The summed E-state index contributed by atoms with van der Waals surface area (Å²) in [6.45, 7) is 2.01. The Balaban J connectivity index is 2.25. The average molecular weight is 226 g/mol. The maximum absolute atomic E-state index is 9.70. The van der Waals surface area contributed by atoms with Gasteiger partial charge in [0, 0.05) is 17.7 Å². The van der Waals surface area contributed by atoms with Crippen molar-refractivity contribution in [1.82, 2.24) is 0 Å². The molecule has 1 aromatic carbocycles. The van der Waals surface area contributed by atoms with Gasteiger partial charge in [-0.05, 0) is 24.6 Å². The van der Waals surface area contributed by atoms with Gasteiger partial charge in [0.05, 0.1) is 0 Å². The molecule has 2 rings (SSSR count). The van der Waals surface area contributed by atoms with Crippen LogP contribution >= 0.6 is 0 Å². The number of aryl methyl sites for hydroxylation is 2. The Morgan fingerprint density at radius 1 is 1.06 bits per heavy atom. The summed E-state index contributed by atoms with van der Waals surface area (Å²) in [5, 5.41) is 9.70. The van der Waals surface area contributed by atoms with E-state index in [1.54, 1.807) is 6.07 Å². The van der Waals surface area contributed by atoms with E-state index in [4.69, 9.17) is 0 Å². The monoisotopic (exact) mass is 226 g/mol. The van der Waals surface area contributed by atoms with Crippen molar-refractivity contribution in [3.8, 4) is 5.75 Å². The molecule has 0 spiro atoms. The van der Waals surface area contributed by atoms with Crippen molar-refractivity contribution in [1.29, 1.82) is 0 Å². The molecule has 0 saturated carbocycles. The molecule has 0 aliphatic carbocycles. The molecule has 0 aliphatic heterocycles. The molecule has 0 atom stereocenters. The normalized spacial score (nSPS) is 10.9. The summed E-state index contributed by atoms with van der Waals surface area (Å²) in [5.41, 5.74) is 3.10. The fourth-order valence-corrected chi connectivity index (χ4v) is 1.62. The van der Waals surface area contributed by atoms with Crippen molar-refractivity contribution >= 4 is 12.2 Å². The molecule has 2 aromatic rings. The van der Waals surface area contributed by atoms with Crippen molar-refractivity contribution < 1.29 is 9.67 Å². The minimum atomic E-state index is 0.313. The summed E-state index contributed by atoms with van der Waals surface area (Å²) >= 11 is 0. The minimum absolute atomic E-state index is 0.313. The van der Waals surface area contributed by atoms with Crippen LogP contribution in [0.1, 0.15) is 16.7 Å². The second kappa shape index (κ2) is 4.83. The molecular weight excluding hydrogens is 210 g/mol. The van der Waals surface area contributed by atoms with E-state index in [0.29, 0.717) is 5.75 Å². The van der Waals surface area contributed by atoms with Crippen LogP contribution in [0.3, 0.4) is 0 Å². The van der Waals surface area contributed by atoms with Crippen molar-refractivity contribution in [3.05, 3.63) is 59.4 Å². The van der Waals surface area contributed by atoms with E-state index < -0.39 is 0 Å². The molecule has 0 saturated heterocycles. The van der Waals surface area contributed by atoms with E-state index in [0.717, 1.165) is 16.7 Å². The standard InChI is InChI=1S/C15H15NO/c1-12-3-6-15(17)14(11-12)5-4-13-7-9-16(2)10-8-13/h3-11H,1-2H3/p+1. The zero-order chi connectivity index (χ0) is 12.3. The van der Waals surface area contributed by atoms with Crippen LogP contribution in [0.2, 0.25) is 0 Å². The van der Waals surface area contributed by atoms with Gasteiger partial charge in [-0.15, -0.1) is 0 Å². The zero-order valence-corrected chi connectivity index (χ0v) is 10.1. The summed E-state index contributed by atoms with van der Waals surface area (Å²) in [4.78, 5) is 0. The minimum Gasteiger partial charge on any atom is -0.507 e. The quantitative estimate of drug-likeness (QED) is 0.782. The van der Waals surface area contributed by atoms with Crippen LogP contribution in [0.15, 0.2) is 42.7 Å². The molecule has 86 valence electrons. The lowest BCUT2D eigenvalue weighted by atomic mass is 10.1. The molecule has 0 amide bonds. The van der Waals surface area contributed by atoms with Gasteiger partial charge in [-0.3, -0.25) is 0 Å². The van der Waals surface area contributed by atoms with Crippen molar-refractivity contribution in [2.75, 3.05) is 0 Å². The highest BCUT2D eigenvalue weighted by atomic mass is 16.3. The third-order valence-corrected chi connectivity index (χ3v) is 2.64. The van der Waals surface area contributed by atoms with Crippen molar-refractivity contribution in [2.24, 2.45) is 7.05 Å². The van der Waals surface area contributed by atoms with Crippen molar-refractivity contribution in [3.63, 3.8) is 0 Å². The second-order valence-corrected chi connectivity index (χ2v) is 4.19. The predicted octanol–water partition coefficient (Wildman–Crippen LogP) is 2.70. The number of aromatic hydroxyl groups is 1. The van der Waals surface area contributed by atoms with Gasteiger partial charge in [0.25, 0.3) is 0 Å². The molecule has 1 N–H and O–H groups in total. The predicted molar refractivity (Wildman–Crippen MR) is 69.4 cm³/mol. The van der Waals surface area contributed by atoms with Gasteiger partial charge < -0.3 is 5.11 Å². The van der Waals surface area contributed by atoms with Gasteiger partial charge in [-0.1, -0.05) is 23.8 Å². The molecule has 1 aromatic heterocycles. The first-order valence-corrected chi connectivity index (χ1v) is 5.58. The van der Waals surface area contributed by atoms with Crippen LogP contribution in [0.4, 0.5) is 0 Å². The molecule has 2 nitrogen and oxygen atoms in total. The number of nitrogens with zero attached hydrogens (tertiary/aromatic N) is 1. The highest BCUT2D eigenvalue weighted by Crippen LogP contribution is 2.20. The van der Waals surface area contributed by atoms with Crippen molar-refractivity contribution in [2.45, 2.75) is 6.92 Å². The van der Waals surface area contributed by atoms with Crippen LogP contribution in [-0.2, 0) is 7.05 Å². The van der Waals surface area contributed by atoms with E-state index in [-0.39, 0.29) is 0 Å². The number of hydrogen-bond donors (Lipinski definition) is 1. The van der Waals surface area contributed by atoms with Gasteiger partial charge in [0.2, 0.25) is 0 Å². The van der Waals surface area contributed by atoms with Crippen LogP contribution in [0, 0.1) is 6.92 Å². The Labute approximate surface area is 101 Å². The Hall–Kier alpha value is -2.09. The lowest BCUT2D eigenvalue weighted by molar-refractivity contribution is -0.671. The largest absolute Gasteiger partial charge is 0.507 e. The van der Waals surface area contributed by atoms with Gasteiger partial charge in [-0.25, -0.2) is 4.57 Å². The lowest BCUT2D eigenvalue weighted by Gasteiger charge is -2.00. The van der Waals surface area contributed by atoms with Crippen LogP contribution in [0.25, 0.3) is 12.2 Å². The first-order valence-electron chi connectivity index (χ1n) is 5.58. The van der Waals surface area contributed by atoms with Crippen LogP contribution < -0.4 is 4.57 Å². The molecular formula is C15H16NO+. The first-order chi connectivity index (χ1) is 8.15. The fraction of sp³-hybridized carbons (Fsp3) is 0.133. The van der Waals surface area contributed by atoms with E-state index in [1.807, 2.05) is 67.3 Å². The molecule has 0 radical (unpaired) electrons. The maximum atomic E-state index is 9.70. The highest BCUT2D eigenvalue weighted by Gasteiger charge is 1.97.